The lowest BCUT2D eigenvalue weighted by Gasteiger charge is -2.10. The zero-order valence-electron chi connectivity index (χ0n) is 10.2. The lowest BCUT2D eigenvalue weighted by molar-refractivity contribution is -0.385. The highest BCUT2D eigenvalue weighted by molar-refractivity contribution is 5.71. The summed E-state index contributed by atoms with van der Waals surface area (Å²) in [6.45, 7) is 0. The molecule has 0 radical (unpaired) electrons. The number of nitro benzene ring substituents is 1. The second-order valence-corrected chi connectivity index (χ2v) is 3.31. The van der Waals surface area contributed by atoms with E-state index in [1.165, 1.54) is 32.4 Å². The summed E-state index contributed by atoms with van der Waals surface area (Å²) < 4.78 is 10.1. The second-order valence-electron chi connectivity index (χ2n) is 3.31. The monoisotopic (exact) mass is 259 g/mol. The predicted molar refractivity (Wildman–Crippen MR) is 65.4 cm³/mol. The van der Waals surface area contributed by atoms with Gasteiger partial charge in [0, 0.05) is 11.6 Å². The van der Waals surface area contributed by atoms with Gasteiger partial charge in [0.15, 0.2) is 11.5 Å². The van der Waals surface area contributed by atoms with Crippen molar-refractivity contribution in [3.8, 4) is 23.6 Å². The van der Waals surface area contributed by atoms with Gasteiger partial charge in [0.1, 0.15) is 17.7 Å². The molecule has 0 bridgehead atoms. The first-order chi connectivity index (χ1) is 9.07. The summed E-state index contributed by atoms with van der Waals surface area (Å²) in [7, 11) is 2.70. The van der Waals surface area contributed by atoms with Crippen molar-refractivity contribution in [1.29, 1.82) is 10.5 Å². The molecule has 96 valence electrons. The molecule has 0 aliphatic rings. The van der Waals surface area contributed by atoms with Crippen LogP contribution in [0.5, 0.6) is 11.5 Å². The van der Waals surface area contributed by atoms with Crippen LogP contribution in [-0.4, -0.2) is 19.1 Å². The van der Waals surface area contributed by atoms with E-state index in [1.54, 1.807) is 12.1 Å². The molecular weight excluding hydrogens is 250 g/mol. The Morgan fingerprint density at radius 3 is 2.37 bits per heavy atom. The summed E-state index contributed by atoms with van der Waals surface area (Å²) in [6, 6.07) is 5.75. The molecule has 1 aromatic rings. The normalized spacial score (nSPS) is 8.84. The fraction of sp³-hybridized carbons (Fsp3) is 0.167. The topological polar surface area (TPSA) is 109 Å². The lowest BCUT2D eigenvalue weighted by atomic mass is 10.1. The lowest BCUT2D eigenvalue weighted by Crippen LogP contribution is -1.97. The van der Waals surface area contributed by atoms with Gasteiger partial charge in [-0.3, -0.25) is 10.1 Å². The number of nitriles is 2. The molecule has 0 unspecified atom stereocenters. The standard InChI is InChI=1S/C12H9N3O4/c1-18-11-5-10(15(16)17)4-9(12(11)19-2)3-8(6-13)7-14/h3-5H,1-2H3. The van der Waals surface area contributed by atoms with Crippen LogP contribution in [0.3, 0.4) is 0 Å². The van der Waals surface area contributed by atoms with Gasteiger partial charge in [0.25, 0.3) is 5.69 Å². The van der Waals surface area contributed by atoms with E-state index < -0.39 is 4.92 Å². The van der Waals surface area contributed by atoms with E-state index in [0.717, 1.165) is 0 Å². The number of benzene rings is 1. The predicted octanol–water partition coefficient (Wildman–Crippen LogP) is 2.04. The molecule has 0 aliphatic carbocycles. The SMILES string of the molecule is COc1cc([N+](=O)[O-])cc(C=C(C#N)C#N)c1OC. The average Bonchev–Trinajstić information content (AvgIpc) is 2.43. The Labute approximate surface area is 109 Å². The number of rotatable bonds is 4. The molecule has 0 saturated heterocycles. The molecule has 0 aliphatic heterocycles. The Bertz CT molecular complexity index is 607. The van der Waals surface area contributed by atoms with Crippen LogP contribution in [0.15, 0.2) is 17.7 Å². The van der Waals surface area contributed by atoms with Gasteiger partial charge < -0.3 is 9.47 Å². The van der Waals surface area contributed by atoms with Gasteiger partial charge in [-0.15, -0.1) is 0 Å². The molecule has 0 aromatic heterocycles. The molecule has 0 fully saturated rings. The first-order valence-corrected chi connectivity index (χ1v) is 4.99. The third-order valence-corrected chi connectivity index (χ3v) is 2.24. The first kappa shape index (κ1) is 14.0. The molecule has 0 saturated carbocycles. The highest BCUT2D eigenvalue weighted by Crippen LogP contribution is 2.36. The molecule has 7 heteroatoms. The van der Waals surface area contributed by atoms with Crippen LogP contribution in [-0.2, 0) is 0 Å². The molecule has 0 N–H and O–H groups in total. The number of non-ortho nitro benzene ring substituents is 1. The van der Waals surface area contributed by atoms with Crippen molar-refractivity contribution in [2.24, 2.45) is 0 Å². The van der Waals surface area contributed by atoms with E-state index in [-0.39, 0.29) is 28.3 Å². The van der Waals surface area contributed by atoms with Crippen molar-refractivity contribution in [2.45, 2.75) is 0 Å². The van der Waals surface area contributed by atoms with Gasteiger partial charge in [0.2, 0.25) is 0 Å². The largest absolute Gasteiger partial charge is 0.493 e. The Kier molecular flexibility index (Phi) is 4.44. The maximum absolute atomic E-state index is 10.8. The van der Waals surface area contributed by atoms with Crippen LogP contribution in [0.4, 0.5) is 5.69 Å². The zero-order valence-corrected chi connectivity index (χ0v) is 10.2. The quantitative estimate of drug-likeness (QED) is 0.465. The number of nitrogens with zero attached hydrogens (tertiary/aromatic N) is 3. The number of hydrogen-bond donors (Lipinski definition) is 0. The highest BCUT2D eigenvalue weighted by atomic mass is 16.6. The third kappa shape index (κ3) is 2.99. The molecule has 1 rings (SSSR count). The fourth-order valence-corrected chi connectivity index (χ4v) is 1.44. The molecule has 19 heavy (non-hydrogen) atoms. The Morgan fingerprint density at radius 1 is 1.32 bits per heavy atom. The summed E-state index contributed by atoms with van der Waals surface area (Å²) in [6.07, 6.45) is 1.20. The van der Waals surface area contributed by atoms with Crippen molar-refractivity contribution in [2.75, 3.05) is 14.2 Å². The number of hydrogen-bond acceptors (Lipinski definition) is 6. The molecule has 0 amide bonds. The Hall–Kier alpha value is -3.06. The third-order valence-electron chi connectivity index (χ3n) is 2.24. The maximum atomic E-state index is 10.8. The van der Waals surface area contributed by atoms with Gasteiger partial charge in [0.05, 0.1) is 25.2 Å². The van der Waals surface area contributed by atoms with E-state index in [9.17, 15) is 10.1 Å². The Morgan fingerprint density at radius 2 is 1.95 bits per heavy atom. The smallest absolute Gasteiger partial charge is 0.274 e. The minimum absolute atomic E-state index is 0.151. The summed E-state index contributed by atoms with van der Waals surface area (Å²) in [5, 5.41) is 28.2. The van der Waals surface area contributed by atoms with Crippen LogP contribution in [0.25, 0.3) is 6.08 Å². The average molecular weight is 259 g/mol. The summed E-state index contributed by atoms with van der Waals surface area (Å²) in [5.74, 6) is 0.370. The highest BCUT2D eigenvalue weighted by Gasteiger charge is 2.17. The van der Waals surface area contributed by atoms with E-state index in [1.807, 2.05) is 0 Å². The molecule has 1 aromatic carbocycles. The van der Waals surface area contributed by atoms with E-state index in [4.69, 9.17) is 20.0 Å². The van der Waals surface area contributed by atoms with Gasteiger partial charge in [-0.2, -0.15) is 10.5 Å². The Balaban J connectivity index is 3.57. The van der Waals surface area contributed by atoms with Gasteiger partial charge in [-0.25, -0.2) is 0 Å². The summed E-state index contributed by atoms with van der Waals surface area (Å²) in [4.78, 5) is 10.2. The minimum Gasteiger partial charge on any atom is -0.493 e. The van der Waals surface area contributed by atoms with Crippen molar-refractivity contribution < 1.29 is 14.4 Å². The number of methoxy groups -OCH3 is 2. The van der Waals surface area contributed by atoms with Crippen LogP contribution < -0.4 is 9.47 Å². The van der Waals surface area contributed by atoms with E-state index in [2.05, 4.69) is 0 Å². The van der Waals surface area contributed by atoms with Crippen molar-refractivity contribution in [1.82, 2.24) is 0 Å². The van der Waals surface area contributed by atoms with Crippen molar-refractivity contribution in [3.05, 3.63) is 33.4 Å². The molecule has 0 atom stereocenters. The van der Waals surface area contributed by atoms with Crippen molar-refractivity contribution >= 4 is 11.8 Å². The molecule has 0 spiro atoms. The van der Waals surface area contributed by atoms with Crippen LogP contribution in [0, 0.1) is 32.8 Å². The second kappa shape index (κ2) is 6.03. The minimum atomic E-state index is -0.599. The van der Waals surface area contributed by atoms with E-state index in [0.29, 0.717) is 0 Å². The molecular formula is C12H9N3O4. The number of nitro groups is 1. The molecule has 7 nitrogen and oxygen atoms in total. The van der Waals surface area contributed by atoms with Gasteiger partial charge in [-0.1, -0.05) is 0 Å². The van der Waals surface area contributed by atoms with E-state index >= 15 is 0 Å². The van der Waals surface area contributed by atoms with Crippen LogP contribution >= 0.6 is 0 Å². The fourth-order valence-electron chi connectivity index (χ4n) is 1.44. The number of allylic oxidation sites excluding steroid dienone is 1. The molecule has 0 heterocycles. The summed E-state index contributed by atoms with van der Waals surface area (Å²) in [5.41, 5.74) is -0.188. The zero-order chi connectivity index (χ0) is 14.4. The van der Waals surface area contributed by atoms with Crippen LogP contribution in [0.2, 0.25) is 0 Å². The number of ether oxygens (including phenoxy) is 2. The van der Waals surface area contributed by atoms with Gasteiger partial charge >= 0.3 is 0 Å². The maximum Gasteiger partial charge on any atom is 0.274 e. The summed E-state index contributed by atoms with van der Waals surface area (Å²) >= 11 is 0. The van der Waals surface area contributed by atoms with Crippen molar-refractivity contribution in [3.63, 3.8) is 0 Å². The van der Waals surface area contributed by atoms with Crippen LogP contribution in [0.1, 0.15) is 5.56 Å². The van der Waals surface area contributed by atoms with Gasteiger partial charge in [-0.05, 0) is 6.08 Å². The first-order valence-electron chi connectivity index (χ1n) is 4.99.